The summed E-state index contributed by atoms with van der Waals surface area (Å²) in [5.41, 5.74) is 0. The van der Waals surface area contributed by atoms with Gasteiger partial charge in [0.15, 0.2) is 0 Å². The molecule has 0 aromatic heterocycles. The number of hydrogen-bond donors (Lipinski definition) is 0. The minimum atomic E-state index is -0.202. The molecule has 2 rings (SSSR count). The Labute approximate surface area is 138 Å². The minimum absolute atomic E-state index is 0.202. The average Bonchev–Trinajstić information content (AvgIpc) is 2.56. The van der Waals surface area contributed by atoms with Crippen LogP contribution in [0.25, 0.3) is 0 Å². The molecular weight excluding hydrogens is 271 g/mol. The molecule has 2 fully saturated rings. The lowest BCUT2D eigenvalue weighted by Gasteiger charge is -2.31. The Morgan fingerprint density at radius 3 is 1.77 bits per heavy atom. The van der Waals surface area contributed by atoms with Gasteiger partial charge in [0.2, 0.25) is 0 Å². The summed E-state index contributed by atoms with van der Waals surface area (Å²) in [5, 5.41) is 0. The van der Waals surface area contributed by atoms with Gasteiger partial charge in [-0.1, -0.05) is 70.4 Å². The number of allylic oxidation sites excluding steroid dienone is 2. The summed E-state index contributed by atoms with van der Waals surface area (Å²) in [6.45, 7) is 2.13. The van der Waals surface area contributed by atoms with Crippen molar-refractivity contribution in [2.75, 3.05) is 6.67 Å². The van der Waals surface area contributed by atoms with Crippen LogP contribution in [0.3, 0.4) is 0 Å². The Morgan fingerprint density at radius 1 is 0.773 bits per heavy atom. The van der Waals surface area contributed by atoms with Crippen LogP contribution in [0.15, 0.2) is 12.2 Å². The normalized spacial score (nSPS) is 33.4. The topological polar surface area (TPSA) is 0 Å². The molecule has 1 heteroatoms. The molecule has 0 radical (unpaired) electrons. The Morgan fingerprint density at radius 2 is 1.27 bits per heavy atom. The van der Waals surface area contributed by atoms with Crippen molar-refractivity contribution >= 4 is 0 Å². The van der Waals surface area contributed by atoms with Gasteiger partial charge in [-0.2, -0.15) is 0 Å². The first kappa shape index (κ1) is 18.0. The molecule has 0 aromatic carbocycles. The van der Waals surface area contributed by atoms with E-state index in [2.05, 4.69) is 19.1 Å². The van der Waals surface area contributed by atoms with Crippen molar-refractivity contribution in [1.82, 2.24) is 0 Å². The van der Waals surface area contributed by atoms with Crippen molar-refractivity contribution in [1.29, 1.82) is 0 Å². The monoisotopic (exact) mass is 308 g/mol. The van der Waals surface area contributed by atoms with Crippen LogP contribution in [0.2, 0.25) is 0 Å². The summed E-state index contributed by atoms with van der Waals surface area (Å²) in [5.74, 6) is 3.81. The van der Waals surface area contributed by atoms with E-state index in [-0.39, 0.29) is 6.67 Å². The maximum Gasteiger partial charge on any atom is 0.0928 e. The van der Waals surface area contributed by atoms with Crippen molar-refractivity contribution in [3.8, 4) is 0 Å². The van der Waals surface area contributed by atoms with Crippen molar-refractivity contribution in [2.24, 2.45) is 23.7 Å². The van der Waals surface area contributed by atoms with Gasteiger partial charge in [0.05, 0.1) is 6.67 Å². The maximum atomic E-state index is 12.1. The van der Waals surface area contributed by atoms with Crippen LogP contribution in [0, 0.1) is 23.7 Å². The molecule has 0 heterocycles. The van der Waals surface area contributed by atoms with Crippen molar-refractivity contribution in [2.45, 2.75) is 90.4 Å². The van der Waals surface area contributed by atoms with Crippen LogP contribution in [0.4, 0.5) is 4.39 Å². The standard InChI is InChI=1S/C21H37F/c1-2-5-18-7-11-20(12-8-18)15-16-21-13-9-19(10-14-21)6-3-4-17-22/h3,6,18-21H,2,4-5,7-17H2,1H3/b6-3+. The molecule has 0 bridgehead atoms. The van der Waals surface area contributed by atoms with Gasteiger partial charge >= 0.3 is 0 Å². The molecule has 0 atom stereocenters. The zero-order chi connectivity index (χ0) is 15.6. The van der Waals surface area contributed by atoms with E-state index in [4.69, 9.17) is 0 Å². The van der Waals surface area contributed by atoms with E-state index in [9.17, 15) is 4.39 Å². The molecule has 0 aromatic rings. The third-order valence-electron chi connectivity index (χ3n) is 6.22. The van der Waals surface area contributed by atoms with Crippen LogP contribution < -0.4 is 0 Å². The predicted octanol–water partition coefficient (Wildman–Crippen LogP) is 7.10. The number of halogens is 1. The second kappa shape index (κ2) is 10.4. The minimum Gasteiger partial charge on any atom is -0.251 e. The molecule has 0 nitrogen and oxygen atoms in total. The third-order valence-corrected chi connectivity index (χ3v) is 6.22. The predicted molar refractivity (Wildman–Crippen MR) is 94.8 cm³/mol. The first-order chi connectivity index (χ1) is 10.8. The van der Waals surface area contributed by atoms with Gasteiger partial charge in [0.1, 0.15) is 0 Å². The average molecular weight is 309 g/mol. The Hall–Kier alpha value is -0.330. The van der Waals surface area contributed by atoms with Gasteiger partial charge in [0.25, 0.3) is 0 Å². The highest BCUT2D eigenvalue weighted by Crippen LogP contribution is 2.37. The number of alkyl halides is 1. The number of hydrogen-bond acceptors (Lipinski definition) is 0. The lowest BCUT2D eigenvalue weighted by atomic mass is 9.75. The van der Waals surface area contributed by atoms with Crippen LogP contribution >= 0.6 is 0 Å². The second-order valence-corrected chi connectivity index (χ2v) is 7.94. The van der Waals surface area contributed by atoms with Gasteiger partial charge in [-0.25, -0.2) is 0 Å². The largest absolute Gasteiger partial charge is 0.251 e. The second-order valence-electron chi connectivity index (χ2n) is 7.94. The highest BCUT2D eigenvalue weighted by atomic mass is 19.1. The summed E-state index contributed by atoms with van der Waals surface area (Å²) in [6.07, 6.45) is 22.3. The molecule has 128 valence electrons. The van der Waals surface area contributed by atoms with E-state index in [1.807, 2.05) is 0 Å². The zero-order valence-corrected chi connectivity index (χ0v) is 14.7. The fraction of sp³-hybridized carbons (Fsp3) is 0.905. The first-order valence-electron chi connectivity index (χ1n) is 10.0. The fourth-order valence-corrected chi connectivity index (χ4v) is 4.71. The lowest BCUT2D eigenvalue weighted by molar-refractivity contribution is 0.221. The molecule has 0 amide bonds. The number of rotatable bonds is 8. The van der Waals surface area contributed by atoms with Gasteiger partial charge in [-0.3, -0.25) is 4.39 Å². The zero-order valence-electron chi connectivity index (χ0n) is 14.7. The quantitative estimate of drug-likeness (QED) is 0.420. The molecule has 22 heavy (non-hydrogen) atoms. The van der Waals surface area contributed by atoms with E-state index in [1.165, 1.54) is 77.0 Å². The van der Waals surface area contributed by atoms with Crippen LogP contribution in [0.5, 0.6) is 0 Å². The van der Waals surface area contributed by atoms with E-state index in [0.29, 0.717) is 6.42 Å². The van der Waals surface area contributed by atoms with E-state index in [0.717, 1.165) is 23.7 Å². The SMILES string of the molecule is CCCC1CCC(CCC2CCC(/C=C/CCF)CC2)CC1. The fourth-order valence-electron chi connectivity index (χ4n) is 4.71. The maximum absolute atomic E-state index is 12.1. The summed E-state index contributed by atoms with van der Waals surface area (Å²) in [4.78, 5) is 0. The Bertz CT molecular complexity index is 293. The molecule has 2 saturated carbocycles. The molecule has 0 N–H and O–H groups in total. The van der Waals surface area contributed by atoms with Gasteiger partial charge < -0.3 is 0 Å². The summed E-state index contributed by atoms with van der Waals surface area (Å²) in [6, 6.07) is 0. The molecule has 0 spiro atoms. The van der Waals surface area contributed by atoms with Crippen LogP contribution in [-0.2, 0) is 0 Å². The Balaban J connectivity index is 1.55. The van der Waals surface area contributed by atoms with Crippen molar-refractivity contribution < 1.29 is 4.39 Å². The highest BCUT2D eigenvalue weighted by molar-refractivity contribution is 4.91. The van der Waals surface area contributed by atoms with E-state index < -0.39 is 0 Å². The van der Waals surface area contributed by atoms with Gasteiger partial charge in [-0.15, -0.1) is 0 Å². The summed E-state index contributed by atoms with van der Waals surface area (Å²) < 4.78 is 12.1. The summed E-state index contributed by atoms with van der Waals surface area (Å²) in [7, 11) is 0. The molecule has 0 saturated heterocycles. The summed E-state index contributed by atoms with van der Waals surface area (Å²) >= 11 is 0. The molecule has 2 aliphatic carbocycles. The van der Waals surface area contributed by atoms with Gasteiger partial charge in [-0.05, 0) is 55.8 Å². The Kier molecular flexibility index (Phi) is 8.55. The molecular formula is C21H37F. The van der Waals surface area contributed by atoms with E-state index >= 15 is 0 Å². The van der Waals surface area contributed by atoms with Crippen molar-refractivity contribution in [3.63, 3.8) is 0 Å². The first-order valence-corrected chi connectivity index (χ1v) is 10.0. The highest BCUT2D eigenvalue weighted by Gasteiger charge is 2.23. The molecule has 0 aliphatic heterocycles. The molecule has 2 aliphatic rings. The van der Waals surface area contributed by atoms with Gasteiger partial charge in [0, 0.05) is 0 Å². The third kappa shape index (κ3) is 6.42. The lowest BCUT2D eigenvalue weighted by Crippen LogP contribution is -2.17. The van der Waals surface area contributed by atoms with Crippen molar-refractivity contribution in [3.05, 3.63) is 12.2 Å². The van der Waals surface area contributed by atoms with E-state index in [1.54, 1.807) is 0 Å². The smallest absolute Gasteiger partial charge is 0.0928 e. The van der Waals surface area contributed by atoms with Crippen LogP contribution in [0.1, 0.15) is 90.4 Å². The molecule has 0 unspecified atom stereocenters. The van der Waals surface area contributed by atoms with Crippen LogP contribution in [-0.4, -0.2) is 6.67 Å².